The van der Waals surface area contributed by atoms with Gasteiger partial charge in [0.1, 0.15) is 18.2 Å². The Morgan fingerprint density at radius 3 is 2.67 bits per heavy atom. The maximum atomic E-state index is 13.2. The molecule has 21 heavy (non-hydrogen) atoms. The van der Waals surface area contributed by atoms with Crippen LogP contribution in [-0.2, 0) is 22.7 Å². The Labute approximate surface area is 119 Å². The molecule has 0 saturated carbocycles. The number of halogens is 1. The van der Waals surface area contributed by atoms with Crippen molar-refractivity contribution in [1.29, 1.82) is 0 Å². The van der Waals surface area contributed by atoms with Crippen LogP contribution in [0.3, 0.4) is 0 Å². The molecule has 0 unspecified atom stereocenters. The number of hydrogen-bond acceptors (Lipinski definition) is 4. The van der Waals surface area contributed by atoms with Gasteiger partial charge in [0, 0.05) is 6.07 Å². The summed E-state index contributed by atoms with van der Waals surface area (Å²) in [4.78, 5) is 27.3. The van der Waals surface area contributed by atoms with E-state index in [0.717, 1.165) is 0 Å². The fourth-order valence-electron chi connectivity index (χ4n) is 2.11. The summed E-state index contributed by atoms with van der Waals surface area (Å²) >= 11 is 0. The van der Waals surface area contributed by atoms with E-state index in [-0.39, 0.29) is 19.6 Å². The largest absolute Gasteiger partial charge is 0.480 e. The first-order chi connectivity index (χ1) is 9.86. The molecule has 1 heterocycles. The van der Waals surface area contributed by atoms with Crippen molar-refractivity contribution in [2.24, 2.45) is 0 Å². The number of carboxylic acids is 2. The minimum Gasteiger partial charge on any atom is -0.480 e. The highest BCUT2D eigenvalue weighted by Gasteiger charge is 2.16. The van der Waals surface area contributed by atoms with Crippen LogP contribution >= 0.6 is 0 Å². The Morgan fingerprint density at radius 1 is 1.33 bits per heavy atom. The van der Waals surface area contributed by atoms with Crippen molar-refractivity contribution >= 4 is 23.0 Å². The summed E-state index contributed by atoms with van der Waals surface area (Å²) in [5, 5.41) is 17.7. The van der Waals surface area contributed by atoms with Crippen LogP contribution in [0.4, 0.5) is 4.39 Å². The highest BCUT2D eigenvalue weighted by molar-refractivity contribution is 5.78. The third kappa shape index (κ3) is 3.54. The average molecular weight is 295 g/mol. The molecule has 1 aromatic carbocycles. The van der Waals surface area contributed by atoms with E-state index in [1.165, 1.54) is 27.7 Å². The maximum Gasteiger partial charge on any atom is 0.323 e. The topological polar surface area (TPSA) is 95.7 Å². The molecule has 0 fully saturated rings. The van der Waals surface area contributed by atoms with E-state index >= 15 is 0 Å². The lowest BCUT2D eigenvalue weighted by molar-refractivity contribution is -0.139. The number of rotatable bonds is 6. The van der Waals surface area contributed by atoms with Crippen molar-refractivity contribution in [3.63, 3.8) is 0 Å². The van der Waals surface area contributed by atoms with Crippen LogP contribution in [0.15, 0.2) is 18.2 Å². The molecular weight excluding hydrogens is 281 g/mol. The number of hydrogen-bond donors (Lipinski definition) is 2. The fourth-order valence-corrected chi connectivity index (χ4v) is 2.11. The summed E-state index contributed by atoms with van der Waals surface area (Å²) in [7, 11) is 1.58. The summed E-state index contributed by atoms with van der Waals surface area (Å²) in [6.45, 7) is -0.376. The number of carbonyl (C=O) groups is 2. The van der Waals surface area contributed by atoms with Gasteiger partial charge in [0.05, 0.1) is 24.1 Å². The molecule has 0 bridgehead atoms. The van der Waals surface area contributed by atoms with Crippen LogP contribution in [0.2, 0.25) is 0 Å². The van der Waals surface area contributed by atoms with Crippen molar-refractivity contribution in [2.75, 3.05) is 13.6 Å². The molecule has 0 radical (unpaired) electrons. The maximum absolute atomic E-state index is 13.2. The van der Waals surface area contributed by atoms with Crippen LogP contribution in [0.5, 0.6) is 0 Å². The first kappa shape index (κ1) is 14.9. The monoisotopic (exact) mass is 295 g/mol. The second-order valence-electron chi connectivity index (χ2n) is 4.71. The summed E-state index contributed by atoms with van der Waals surface area (Å²) in [5.74, 6) is -2.14. The van der Waals surface area contributed by atoms with Crippen LogP contribution in [0.1, 0.15) is 5.82 Å². The van der Waals surface area contributed by atoms with Gasteiger partial charge in [0.15, 0.2) is 0 Å². The normalized spacial score (nSPS) is 11.2. The molecule has 0 atom stereocenters. The third-order valence-corrected chi connectivity index (χ3v) is 2.90. The molecule has 2 N–H and O–H groups in total. The van der Waals surface area contributed by atoms with Gasteiger partial charge in [0.2, 0.25) is 0 Å². The minimum absolute atomic E-state index is 0.149. The molecule has 8 heteroatoms. The number of nitrogens with zero attached hydrogens (tertiary/aromatic N) is 3. The zero-order valence-corrected chi connectivity index (χ0v) is 11.3. The van der Waals surface area contributed by atoms with Gasteiger partial charge in [-0.25, -0.2) is 9.37 Å². The molecule has 112 valence electrons. The fraction of sp³-hybridized carbons (Fsp3) is 0.308. The first-order valence-corrected chi connectivity index (χ1v) is 6.13. The summed E-state index contributed by atoms with van der Waals surface area (Å²) < 4.78 is 14.7. The van der Waals surface area contributed by atoms with Crippen molar-refractivity contribution in [3.8, 4) is 0 Å². The molecule has 2 aromatic rings. The Balaban J connectivity index is 2.40. The third-order valence-electron chi connectivity index (χ3n) is 2.90. The summed E-state index contributed by atoms with van der Waals surface area (Å²) in [5.41, 5.74) is 0.840. The number of imidazole rings is 1. The van der Waals surface area contributed by atoms with Crippen molar-refractivity contribution in [2.45, 2.75) is 13.1 Å². The van der Waals surface area contributed by atoms with Crippen molar-refractivity contribution in [3.05, 3.63) is 29.8 Å². The van der Waals surface area contributed by atoms with E-state index in [1.807, 2.05) is 0 Å². The summed E-state index contributed by atoms with van der Waals surface area (Å²) in [6, 6.07) is 3.91. The van der Waals surface area contributed by atoms with Gasteiger partial charge in [-0.1, -0.05) is 0 Å². The van der Waals surface area contributed by atoms with Gasteiger partial charge in [-0.2, -0.15) is 0 Å². The van der Waals surface area contributed by atoms with Gasteiger partial charge in [0.25, 0.3) is 0 Å². The lowest BCUT2D eigenvalue weighted by Crippen LogP contribution is -2.27. The molecule has 0 spiro atoms. The standard InChI is InChI=1S/C13H14FN3O4/c1-16(6-12(18)19)5-11-15-9-4-8(14)2-3-10(9)17(11)7-13(20)21/h2-4H,5-7H2,1H3,(H,18,19)(H,20,21). The Bertz CT molecular complexity index is 698. The zero-order chi connectivity index (χ0) is 15.6. The van der Waals surface area contributed by atoms with Crippen molar-refractivity contribution in [1.82, 2.24) is 14.5 Å². The van der Waals surface area contributed by atoms with E-state index in [9.17, 15) is 14.0 Å². The van der Waals surface area contributed by atoms with Crippen LogP contribution in [-0.4, -0.2) is 50.2 Å². The highest BCUT2D eigenvalue weighted by atomic mass is 19.1. The van der Waals surface area contributed by atoms with Crippen LogP contribution in [0.25, 0.3) is 11.0 Å². The first-order valence-electron chi connectivity index (χ1n) is 6.13. The molecule has 0 aliphatic carbocycles. The lowest BCUT2D eigenvalue weighted by atomic mass is 10.3. The van der Waals surface area contributed by atoms with E-state index in [1.54, 1.807) is 7.05 Å². The number of benzene rings is 1. The van der Waals surface area contributed by atoms with E-state index in [2.05, 4.69) is 4.98 Å². The lowest BCUT2D eigenvalue weighted by Gasteiger charge is -2.14. The average Bonchev–Trinajstić information content (AvgIpc) is 2.64. The molecule has 7 nitrogen and oxygen atoms in total. The van der Waals surface area contributed by atoms with E-state index < -0.39 is 17.8 Å². The molecule has 2 rings (SSSR count). The molecule has 0 saturated heterocycles. The Morgan fingerprint density at radius 2 is 2.05 bits per heavy atom. The number of aliphatic carboxylic acids is 2. The Kier molecular flexibility index (Phi) is 4.18. The number of fused-ring (bicyclic) bond motifs is 1. The highest BCUT2D eigenvalue weighted by Crippen LogP contribution is 2.18. The smallest absolute Gasteiger partial charge is 0.323 e. The summed E-state index contributed by atoms with van der Waals surface area (Å²) in [6.07, 6.45) is 0. The van der Waals surface area contributed by atoms with Crippen LogP contribution in [0, 0.1) is 5.82 Å². The molecule has 0 amide bonds. The molecule has 0 aliphatic rings. The van der Waals surface area contributed by atoms with Gasteiger partial charge in [-0.05, 0) is 19.2 Å². The van der Waals surface area contributed by atoms with Gasteiger partial charge in [-0.3, -0.25) is 14.5 Å². The number of carboxylic acid groups (broad SMARTS) is 2. The minimum atomic E-state index is -1.05. The predicted molar refractivity (Wildman–Crippen MR) is 71.3 cm³/mol. The predicted octanol–water partition coefficient (Wildman–Crippen LogP) is 0.776. The second kappa shape index (κ2) is 5.88. The molecule has 0 aliphatic heterocycles. The van der Waals surface area contributed by atoms with E-state index in [0.29, 0.717) is 16.9 Å². The van der Waals surface area contributed by atoms with Gasteiger partial charge >= 0.3 is 11.9 Å². The number of aromatic nitrogens is 2. The van der Waals surface area contributed by atoms with Crippen LogP contribution < -0.4 is 0 Å². The quantitative estimate of drug-likeness (QED) is 0.817. The zero-order valence-electron chi connectivity index (χ0n) is 11.3. The van der Waals surface area contributed by atoms with Crippen molar-refractivity contribution < 1.29 is 24.2 Å². The molecule has 1 aromatic heterocycles. The molecular formula is C13H14FN3O4. The number of likely N-dealkylation sites (N-methyl/N-ethyl adjacent to an activating group) is 1. The van der Waals surface area contributed by atoms with Gasteiger partial charge < -0.3 is 14.8 Å². The SMILES string of the molecule is CN(CC(=O)O)Cc1nc2cc(F)ccc2n1CC(=O)O. The van der Waals surface area contributed by atoms with E-state index in [4.69, 9.17) is 10.2 Å². The van der Waals surface area contributed by atoms with Gasteiger partial charge in [-0.15, -0.1) is 0 Å². The second-order valence-corrected chi connectivity index (χ2v) is 4.71. The Hall–Kier alpha value is -2.48.